The van der Waals surface area contributed by atoms with Crippen molar-refractivity contribution < 1.29 is 19.1 Å². The number of phenolic OH excluding ortho intramolecular Hbond substituents is 1. The van der Waals surface area contributed by atoms with Crippen LogP contribution in [0.25, 0.3) is 22.6 Å². The minimum atomic E-state index is -0.660. The molecule has 5 nitrogen and oxygen atoms in total. The number of carbonyl (C=O) groups excluding carboxylic acids is 2. The Hall–Kier alpha value is -2.95. The number of benzene rings is 2. The number of para-hydroxylation sites is 2. The predicted octanol–water partition coefficient (Wildman–Crippen LogP) is 2.58. The van der Waals surface area contributed by atoms with E-state index in [1.54, 1.807) is 30.3 Å². The summed E-state index contributed by atoms with van der Waals surface area (Å²) in [6.07, 6.45) is 0.239. The van der Waals surface area contributed by atoms with Gasteiger partial charge in [-0.25, -0.2) is 4.98 Å². The summed E-state index contributed by atoms with van der Waals surface area (Å²) in [6, 6.07) is 11.4. The molecule has 3 aromatic rings. The van der Waals surface area contributed by atoms with Crippen LogP contribution in [-0.2, 0) is 4.79 Å². The number of aromatic hydroxyl groups is 1. The van der Waals surface area contributed by atoms with Crippen molar-refractivity contribution in [3.8, 4) is 17.2 Å². The number of nitrogens with zero attached hydrogens (tertiary/aromatic N) is 1. The lowest BCUT2D eigenvalue weighted by atomic mass is 10.1. The average Bonchev–Trinajstić information content (AvgIpc) is 2.90. The van der Waals surface area contributed by atoms with E-state index in [4.69, 9.17) is 4.42 Å². The van der Waals surface area contributed by atoms with Crippen LogP contribution < -0.4 is 0 Å². The van der Waals surface area contributed by atoms with E-state index in [1.807, 2.05) is 0 Å². The number of carbonyl (C=O) groups is 2. The lowest BCUT2D eigenvalue weighted by molar-refractivity contribution is -0.104. The third-order valence-corrected chi connectivity index (χ3v) is 2.93. The predicted molar refractivity (Wildman–Crippen MR) is 71.5 cm³/mol. The first-order chi connectivity index (χ1) is 9.70. The summed E-state index contributed by atoms with van der Waals surface area (Å²) >= 11 is 0. The SMILES string of the molecule is O=CC(=O)c1cccc2oc(-c3ccccc3O)nc12. The summed E-state index contributed by atoms with van der Waals surface area (Å²) in [7, 11) is 0. The van der Waals surface area contributed by atoms with E-state index in [1.165, 1.54) is 12.1 Å². The first-order valence-corrected chi connectivity index (χ1v) is 5.88. The molecule has 98 valence electrons. The molecule has 0 fully saturated rings. The highest BCUT2D eigenvalue weighted by Crippen LogP contribution is 2.31. The fourth-order valence-corrected chi connectivity index (χ4v) is 1.98. The molecule has 0 spiro atoms. The van der Waals surface area contributed by atoms with Crippen molar-refractivity contribution >= 4 is 23.2 Å². The maximum absolute atomic E-state index is 11.5. The number of oxazole rings is 1. The molecule has 0 aliphatic rings. The quantitative estimate of drug-likeness (QED) is 0.448. The number of Topliss-reactive ketones (excluding diaryl/α,β-unsaturated/α-hetero) is 1. The summed E-state index contributed by atoms with van der Waals surface area (Å²) in [6.45, 7) is 0. The van der Waals surface area contributed by atoms with Crippen LogP contribution in [0.5, 0.6) is 5.75 Å². The number of phenols is 1. The molecule has 0 saturated heterocycles. The monoisotopic (exact) mass is 267 g/mol. The van der Waals surface area contributed by atoms with E-state index in [0.29, 0.717) is 16.7 Å². The Bertz CT molecular complexity index is 820. The van der Waals surface area contributed by atoms with Gasteiger partial charge < -0.3 is 9.52 Å². The highest BCUT2D eigenvalue weighted by Gasteiger charge is 2.16. The minimum Gasteiger partial charge on any atom is -0.507 e. The van der Waals surface area contributed by atoms with Crippen LogP contribution in [0, 0.1) is 0 Å². The van der Waals surface area contributed by atoms with Gasteiger partial charge in [0.2, 0.25) is 11.7 Å². The van der Waals surface area contributed by atoms with Gasteiger partial charge in [0, 0.05) is 0 Å². The number of hydrogen-bond acceptors (Lipinski definition) is 5. The molecule has 20 heavy (non-hydrogen) atoms. The molecule has 3 rings (SSSR count). The van der Waals surface area contributed by atoms with Gasteiger partial charge in [-0.05, 0) is 24.3 Å². The molecule has 0 saturated carbocycles. The maximum atomic E-state index is 11.5. The Balaban J connectivity index is 2.24. The Morgan fingerprint density at radius 2 is 1.95 bits per heavy atom. The van der Waals surface area contributed by atoms with Gasteiger partial charge in [0.25, 0.3) is 0 Å². The number of hydrogen-bond donors (Lipinski definition) is 1. The fraction of sp³-hybridized carbons (Fsp3) is 0. The average molecular weight is 267 g/mol. The third-order valence-electron chi connectivity index (χ3n) is 2.93. The van der Waals surface area contributed by atoms with Crippen LogP contribution in [0.1, 0.15) is 10.4 Å². The maximum Gasteiger partial charge on any atom is 0.231 e. The van der Waals surface area contributed by atoms with Gasteiger partial charge in [-0.2, -0.15) is 0 Å². The number of aromatic nitrogens is 1. The van der Waals surface area contributed by atoms with Crippen molar-refractivity contribution in [1.29, 1.82) is 0 Å². The van der Waals surface area contributed by atoms with Gasteiger partial charge in [-0.15, -0.1) is 0 Å². The molecule has 0 amide bonds. The van der Waals surface area contributed by atoms with E-state index < -0.39 is 5.78 Å². The molecule has 0 radical (unpaired) electrons. The molecule has 0 bridgehead atoms. The third kappa shape index (κ3) is 1.85. The van der Waals surface area contributed by atoms with Crippen molar-refractivity contribution in [3.63, 3.8) is 0 Å². The van der Waals surface area contributed by atoms with E-state index in [0.717, 1.165) is 0 Å². The molecule has 0 unspecified atom stereocenters. The summed E-state index contributed by atoms with van der Waals surface area (Å²) < 4.78 is 5.53. The topological polar surface area (TPSA) is 80.4 Å². The second-order valence-corrected chi connectivity index (χ2v) is 4.17. The summed E-state index contributed by atoms with van der Waals surface area (Å²) in [5.41, 5.74) is 1.30. The molecular formula is C15H9NO4. The number of fused-ring (bicyclic) bond motifs is 1. The molecule has 0 atom stereocenters. The van der Waals surface area contributed by atoms with Crippen LogP contribution in [-0.4, -0.2) is 22.2 Å². The normalized spacial score (nSPS) is 10.6. The molecule has 0 aliphatic carbocycles. The van der Waals surface area contributed by atoms with Crippen molar-refractivity contribution in [2.24, 2.45) is 0 Å². The Morgan fingerprint density at radius 3 is 2.70 bits per heavy atom. The van der Waals surface area contributed by atoms with E-state index in [-0.39, 0.29) is 23.5 Å². The summed E-state index contributed by atoms with van der Waals surface area (Å²) in [4.78, 5) is 26.4. The largest absolute Gasteiger partial charge is 0.507 e. The zero-order valence-corrected chi connectivity index (χ0v) is 10.2. The van der Waals surface area contributed by atoms with Crippen molar-refractivity contribution in [1.82, 2.24) is 4.98 Å². The Labute approximate surface area is 113 Å². The van der Waals surface area contributed by atoms with Crippen LogP contribution in [0.4, 0.5) is 0 Å². The molecule has 1 N–H and O–H groups in total. The minimum absolute atomic E-state index is 0.0299. The van der Waals surface area contributed by atoms with Crippen LogP contribution >= 0.6 is 0 Å². The van der Waals surface area contributed by atoms with Crippen molar-refractivity contribution in [2.75, 3.05) is 0 Å². The highest BCUT2D eigenvalue weighted by atomic mass is 16.3. The van der Waals surface area contributed by atoms with Crippen LogP contribution in [0.15, 0.2) is 46.9 Å². The van der Waals surface area contributed by atoms with Gasteiger partial charge in [0.15, 0.2) is 11.9 Å². The van der Waals surface area contributed by atoms with Gasteiger partial charge in [-0.1, -0.05) is 18.2 Å². The van der Waals surface area contributed by atoms with Gasteiger partial charge in [0.05, 0.1) is 11.1 Å². The lowest BCUT2D eigenvalue weighted by Gasteiger charge is -1.97. The van der Waals surface area contributed by atoms with Gasteiger partial charge in [-0.3, -0.25) is 9.59 Å². The van der Waals surface area contributed by atoms with Gasteiger partial charge in [0.1, 0.15) is 11.3 Å². The zero-order chi connectivity index (χ0) is 14.1. The second-order valence-electron chi connectivity index (χ2n) is 4.17. The first kappa shape index (κ1) is 12.1. The standard InChI is InChI=1S/C15H9NO4/c17-8-12(19)9-5-3-7-13-14(9)16-15(20-13)10-4-1-2-6-11(10)18/h1-8,18H. The Morgan fingerprint density at radius 1 is 1.15 bits per heavy atom. The molecule has 2 aromatic carbocycles. The molecule has 0 aliphatic heterocycles. The Kier molecular flexibility index (Phi) is 2.80. The zero-order valence-electron chi connectivity index (χ0n) is 10.2. The van der Waals surface area contributed by atoms with Gasteiger partial charge >= 0.3 is 0 Å². The van der Waals surface area contributed by atoms with Crippen molar-refractivity contribution in [3.05, 3.63) is 48.0 Å². The molecule has 1 heterocycles. The van der Waals surface area contributed by atoms with E-state index in [9.17, 15) is 14.7 Å². The van der Waals surface area contributed by atoms with Crippen molar-refractivity contribution in [2.45, 2.75) is 0 Å². The summed E-state index contributed by atoms with van der Waals surface area (Å²) in [5, 5.41) is 9.79. The van der Waals surface area contributed by atoms with E-state index in [2.05, 4.69) is 4.98 Å². The second kappa shape index (κ2) is 4.62. The number of rotatable bonds is 3. The van der Waals surface area contributed by atoms with Crippen LogP contribution in [0.2, 0.25) is 0 Å². The first-order valence-electron chi connectivity index (χ1n) is 5.88. The molecular weight excluding hydrogens is 258 g/mol. The number of ketones is 1. The summed E-state index contributed by atoms with van der Waals surface area (Å²) in [5.74, 6) is -0.431. The highest BCUT2D eigenvalue weighted by molar-refractivity contribution is 6.35. The molecule has 5 heteroatoms. The van der Waals surface area contributed by atoms with Crippen LogP contribution in [0.3, 0.4) is 0 Å². The fourth-order valence-electron chi connectivity index (χ4n) is 1.98. The molecule has 1 aromatic heterocycles. The smallest absolute Gasteiger partial charge is 0.231 e. The van der Waals surface area contributed by atoms with E-state index >= 15 is 0 Å². The lowest BCUT2D eigenvalue weighted by Crippen LogP contribution is -2.00. The number of aldehydes is 1.